The number of hydrogen-bond donors (Lipinski definition) is 0. The van der Waals surface area contributed by atoms with Crippen molar-refractivity contribution in [3.63, 3.8) is 0 Å². The molecule has 0 spiro atoms. The molecule has 0 rings (SSSR count). The van der Waals surface area contributed by atoms with Gasteiger partial charge in [-0.2, -0.15) is 61.5 Å². The monoisotopic (exact) mass is 413 g/mol. The van der Waals surface area contributed by atoms with Crippen LogP contribution in [0.1, 0.15) is 0 Å². The van der Waals surface area contributed by atoms with Crippen LogP contribution in [0.4, 0.5) is 65.9 Å². The zero-order valence-electron chi connectivity index (χ0n) is 10.5. The van der Waals surface area contributed by atoms with Gasteiger partial charge in [-0.1, -0.05) is 0 Å². The SMILES string of the molecule is O=C([O-])C(F)(F)C(F)(C(F)(F)F)C(F)(F)C(F)(F)C(F)(F)C(F)(F)F. The maximum absolute atomic E-state index is 13.3. The Morgan fingerprint density at radius 2 is 0.840 bits per heavy atom. The van der Waals surface area contributed by atoms with Gasteiger partial charge in [0.2, 0.25) is 0 Å². The number of rotatable bonds is 5. The maximum Gasteiger partial charge on any atom is 0.460 e. The topological polar surface area (TPSA) is 40.1 Å². The Morgan fingerprint density at radius 1 is 0.520 bits per heavy atom. The minimum Gasteiger partial charge on any atom is -0.544 e. The molecule has 0 amide bonds. The first-order chi connectivity index (χ1) is 10.4. The van der Waals surface area contributed by atoms with E-state index in [-0.39, 0.29) is 0 Å². The summed E-state index contributed by atoms with van der Waals surface area (Å²) in [4.78, 5) is 9.75. The van der Waals surface area contributed by atoms with Gasteiger partial charge < -0.3 is 9.90 Å². The molecule has 25 heavy (non-hydrogen) atoms. The summed E-state index contributed by atoms with van der Waals surface area (Å²) >= 11 is 0. The normalized spacial score (nSPS) is 18.0. The van der Waals surface area contributed by atoms with Gasteiger partial charge in [0.15, 0.2) is 0 Å². The molecule has 0 aromatic heterocycles. The van der Waals surface area contributed by atoms with Gasteiger partial charge in [-0.3, -0.25) is 0 Å². The Balaban J connectivity index is 6.93. The van der Waals surface area contributed by atoms with Gasteiger partial charge in [0, 0.05) is 0 Å². The second kappa shape index (κ2) is 5.46. The van der Waals surface area contributed by atoms with Crippen LogP contribution in [0.15, 0.2) is 0 Å². The van der Waals surface area contributed by atoms with E-state index < -0.39 is 47.7 Å². The van der Waals surface area contributed by atoms with Crippen LogP contribution in [-0.4, -0.2) is 47.7 Å². The van der Waals surface area contributed by atoms with Gasteiger partial charge in [0.1, 0.15) is 5.97 Å². The van der Waals surface area contributed by atoms with Crippen LogP contribution in [0, 0.1) is 0 Å². The standard InChI is InChI=1S/C8HF15O2/c9-2(10,1(24)25)3(11,7(18,19)20)4(12,13)5(14,15)6(16,17)8(21,22)23/h(H,24,25)/p-1. The Bertz CT molecular complexity index is 529. The number of carbonyl (C=O) groups excluding carboxylic acids is 1. The van der Waals surface area contributed by atoms with Crippen LogP contribution < -0.4 is 5.11 Å². The first-order valence-corrected chi connectivity index (χ1v) is 4.99. The van der Waals surface area contributed by atoms with Crippen LogP contribution in [-0.2, 0) is 4.79 Å². The average Bonchev–Trinajstić information content (AvgIpc) is 2.33. The molecule has 0 saturated heterocycles. The molecular formula is C8F15O2-. The zero-order chi connectivity index (χ0) is 21.1. The Morgan fingerprint density at radius 3 is 1.04 bits per heavy atom. The van der Waals surface area contributed by atoms with Crippen molar-refractivity contribution in [3.05, 3.63) is 0 Å². The summed E-state index contributed by atoms with van der Waals surface area (Å²) < 4.78 is 187. The highest BCUT2D eigenvalue weighted by Crippen LogP contribution is 2.63. The highest BCUT2D eigenvalue weighted by atomic mass is 19.4. The van der Waals surface area contributed by atoms with Crippen LogP contribution >= 0.6 is 0 Å². The van der Waals surface area contributed by atoms with Gasteiger partial charge in [0.05, 0.1) is 0 Å². The summed E-state index contributed by atoms with van der Waals surface area (Å²) in [7, 11) is 0. The fourth-order valence-electron chi connectivity index (χ4n) is 1.29. The summed E-state index contributed by atoms with van der Waals surface area (Å²) in [6.45, 7) is 0. The van der Waals surface area contributed by atoms with E-state index in [0.29, 0.717) is 0 Å². The number of carbonyl (C=O) groups is 1. The van der Waals surface area contributed by atoms with Crippen molar-refractivity contribution in [2.75, 3.05) is 0 Å². The molecule has 0 aliphatic heterocycles. The van der Waals surface area contributed by atoms with Crippen molar-refractivity contribution in [2.24, 2.45) is 0 Å². The number of halogens is 15. The lowest BCUT2D eigenvalue weighted by atomic mass is 9.83. The molecule has 0 N–H and O–H groups in total. The zero-order valence-corrected chi connectivity index (χ0v) is 10.5. The third-order valence-corrected chi connectivity index (χ3v) is 2.66. The number of alkyl halides is 15. The second-order valence-electron chi connectivity index (χ2n) is 4.24. The van der Waals surface area contributed by atoms with E-state index in [1.54, 1.807) is 0 Å². The van der Waals surface area contributed by atoms with Gasteiger partial charge >= 0.3 is 41.7 Å². The first-order valence-electron chi connectivity index (χ1n) is 4.99. The third kappa shape index (κ3) is 2.74. The lowest BCUT2D eigenvalue weighted by Crippen LogP contribution is -2.78. The molecule has 0 aliphatic carbocycles. The van der Waals surface area contributed by atoms with Crippen molar-refractivity contribution >= 4 is 5.97 Å². The summed E-state index contributed by atoms with van der Waals surface area (Å²) in [6, 6.07) is 0. The largest absolute Gasteiger partial charge is 0.544 e. The molecule has 0 saturated carbocycles. The lowest BCUT2D eigenvalue weighted by Gasteiger charge is -2.44. The van der Waals surface area contributed by atoms with E-state index in [0.717, 1.165) is 0 Å². The molecule has 1 unspecified atom stereocenters. The van der Waals surface area contributed by atoms with E-state index in [2.05, 4.69) is 0 Å². The van der Waals surface area contributed by atoms with Gasteiger partial charge in [-0.15, -0.1) is 0 Å². The van der Waals surface area contributed by atoms with Crippen LogP contribution in [0.5, 0.6) is 0 Å². The minimum atomic E-state index is -8.62. The van der Waals surface area contributed by atoms with Crippen molar-refractivity contribution < 1.29 is 75.8 Å². The highest BCUT2D eigenvalue weighted by molar-refractivity contribution is 5.75. The van der Waals surface area contributed by atoms with Crippen molar-refractivity contribution in [2.45, 2.75) is 41.7 Å². The Labute approximate surface area is 125 Å². The molecule has 0 aliphatic rings. The highest BCUT2D eigenvalue weighted by Gasteiger charge is 2.95. The molecule has 1 atom stereocenters. The van der Waals surface area contributed by atoms with E-state index in [9.17, 15) is 75.8 Å². The molecule has 0 bridgehead atoms. The molecular weight excluding hydrogens is 413 g/mol. The van der Waals surface area contributed by atoms with Crippen molar-refractivity contribution in [3.8, 4) is 0 Å². The number of hydrogen-bond acceptors (Lipinski definition) is 2. The van der Waals surface area contributed by atoms with E-state index in [1.165, 1.54) is 0 Å². The molecule has 17 heteroatoms. The molecule has 0 radical (unpaired) electrons. The van der Waals surface area contributed by atoms with Gasteiger partial charge in [-0.25, -0.2) is 4.39 Å². The lowest BCUT2D eigenvalue weighted by molar-refractivity contribution is -0.456. The number of aliphatic carboxylic acids is 1. The Hall–Kier alpha value is -1.58. The van der Waals surface area contributed by atoms with Crippen molar-refractivity contribution in [1.29, 1.82) is 0 Å². The maximum atomic E-state index is 13.3. The third-order valence-electron chi connectivity index (χ3n) is 2.66. The molecule has 2 nitrogen and oxygen atoms in total. The fourth-order valence-corrected chi connectivity index (χ4v) is 1.29. The molecule has 0 heterocycles. The van der Waals surface area contributed by atoms with E-state index >= 15 is 0 Å². The predicted molar refractivity (Wildman–Crippen MR) is 40.7 cm³/mol. The minimum absolute atomic E-state index is 4.74. The average molecular weight is 413 g/mol. The summed E-state index contributed by atoms with van der Waals surface area (Å²) in [5.74, 6) is -37.7. The van der Waals surface area contributed by atoms with Gasteiger partial charge in [0.25, 0.3) is 0 Å². The summed E-state index contributed by atoms with van der Waals surface area (Å²) in [5.41, 5.74) is -8.40. The quantitative estimate of drug-likeness (QED) is 0.651. The predicted octanol–water partition coefficient (Wildman–Crippen LogP) is 3.11. The molecule has 0 aromatic carbocycles. The van der Waals surface area contributed by atoms with Crippen molar-refractivity contribution in [1.82, 2.24) is 0 Å². The summed E-state index contributed by atoms with van der Waals surface area (Å²) in [6.07, 6.45) is -15.8. The molecule has 0 fully saturated rings. The van der Waals surface area contributed by atoms with Crippen LogP contribution in [0.25, 0.3) is 0 Å². The Kier molecular flexibility index (Phi) is 5.11. The molecule has 150 valence electrons. The van der Waals surface area contributed by atoms with Crippen LogP contribution in [0.3, 0.4) is 0 Å². The smallest absolute Gasteiger partial charge is 0.460 e. The van der Waals surface area contributed by atoms with E-state index in [4.69, 9.17) is 0 Å². The first kappa shape index (κ1) is 23.4. The van der Waals surface area contributed by atoms with E-state index in [1.807, 2.05) is 0 Å². The van der Waals surface area contributed by atoms with Crippen LogP contribution in [0.2, 0.25) is 0 Å². The summed E-state index contributed by atoms with van der Waals surface area (Å²) in [5, 5.41) is 9.75. The number of carboxylic acid groups (broad SMARTS) is 1. The second-order valence-corrected chi connectivity index (χ2v) is 4.24. The van der Waals surface area contributed by atoms with Gasteiger partial charge in [-0.05, 0) is 0 Å². The fraction of sp³-hybridized carbons (Fsp3) is 0.875. The number of carboxylic acids is 1. The molecule has 0 aromatic rings.